The number of halogens is 4. The molecule has 0 aliphatic carbocycles. The van der Waals surface area contributed by atoms with Crippen LogP contribution in [0.2, 0.25) is 5.28 Å². The van der Waals surface area contributed by atoms with E-state index < -0.39 is 24.7 Å². The zero-order valence-electron chi connectivity index (χ0n) is 12.6. The van der Waals surface area contributed by atoms with E-state index in [1.54, 1.807) is 11.4 Å². The standard InChI is InChI=1S/C15H14ClF3N4O/c1-9(13(24)20-8-15(17,18)19)21-12-7-11(22-14(16)23-12)10-5-3-2-4-6-10/h2-7,9H,8H2,1H3,(H,20,24)(H,21,22,23)/t9-/m0/s1. The molecular formula is C15H14ClF3N4O. The van der Waals surface area contributed by atoms with Gasteiger partial charge in [-0.15, -0.1) is 0 Å². The van der Waals surface area contributed by atoms with Gasteiger partial charge in [0.15, 0.2) is 0 Å². The molecule has 2 N–H and O–H groups in total. The highest BCUT2D eigenvalue weighted by atomic mass is 35.5. The van der Waals surface area contributed by atoms with Gasteiger partial charge in [-0.2, -0.15) is 13.2 Å². The Morgan fingerprint density at radius 2 is 1.92 bits per heavy atom. The van der Waals surface area contributed by atoms with E-state index in [1.165, 1.54) is 6.92 Å². The van der Waals surface area contributed by atoms with Crippen molar-refractivity contribution in [3.63, 3.8) is 0 Å². The van der Waals surface area contributed by atoms with E-state index in [1.807, 2.05) is 30.3 Å². The SMILES string of the molecule is C[C@H](Nc1cc(-c2ccccc2)nc(Cl)n1)C(=O)NCC(F)(F)F. The fraction of sp³-hybridized carbons (Fsp3) is 0.267. The number of carbonyl (C=O) groups excluding carboxylic acids is 1. The van der Waals surface area contributed by atoms with Crippen molar-refractivity contribution in [1.29, 1.82) is 0 Å². The van der Waals surface area contributed by atoms with Crippen molar-refractivity contribution in [2.45, 2.75) is 19.1 Å². The zero-order chi connectivity index (χ0) is 17.7. The van der Waals surface area contributed by atoms with Gasteiger partial charge < -0.3 is 10.6 Å². The van der Waals surface area contributed by atoms with E-state index in [2.05, 4.69) is 15.3 Å². The lowest BCUT2D eigenvalue weighted by Crippen LogP contribution is -2.42. The molecule has 0 unspecified atom stereocenters. The molecule has 9 heteroatoms. The van der Waals surface area contributed by atoms with Gasteiger partial charge in [0.2, 0.25) is 11.2 Å². The highest BCUT2D eigenvalue weighted by Gasteiger charge is 2.28. The summed E-state index contributed by atoms with van der Waals surface area (Å²) in [5.41, 5.74) is 1.32. The van der Waals surface area contributed by atoms with Crippen LogP contribution in [-0.4, -0.2) is 34.6 Å². The van der Waals surface area contributed by atoms with Crippen molar-refractivity contribution in [2.24, 2.45) is 0 Å². The molecule has 0 spiro atoms. The summed E-state index contributed by atoms with van der Waals surface area (Å²) in [6, 6.07) is 9.77. The minimum Gasteiger partial charge on any atom is -0.358 e. The summed E-state index contributed by atoms with van der Waals surface area (Å²) in [5, 5.41) is 4.47. The molecule has 0 aliphatic rings. The maximum atomic E-state index is 12.1. The second-order valence-electron chi connectivity index (χ2n) is 4.97. The molecule has 5 nitrogen and oxygen atoms in total. The van der Waals surface area contributed by atoms with Crippen molar-refractivity contribution in [3.8, 4) is 11.3 Å². The molecule has 1 aromatic heterocycles. The Bertz CT molecular complexity index is 710. The van der Waals surface area contributed by atoms with Crippen molar-refractivity contribution in [3.05, 3.63) is 41.7 Å². The van der Waals surface area contributed by atoms with Gasteiger partial charge in [-0.05, 0) is 18.5 Å². The molecular weight excluding hydrogens is 345 g/mol. The Balaban J connectivity index is 2.09. The van der Waals surface area contributed by atoms with Crippen LogP contribution < -0.4 is 10.6 Å². The molecule has 0 saturated heterocycles. The van der Waals surface area contributed by atoms with Gasteiger partial charge in [0.05, 0.1) is 5.69 Å². The summed E-state index contributed by atoms with van der Waals surface area (Å²) in [6.07, 6.45) is -4.46. The average molecular weight is 359 g/mol. The number of alkyl halides is 3. The highest BCUT2D eigenvalue weighted by molar-refractivity contribution is 6.28. The molecule has 0 fully saturated rings. The van der Waals surface area contributed by atoms with Crippen LogP contribution in [0.5, 0.6) is 0 Å². The van der Waals surface area contributed by atoms with E-state index >= 15 is 0 Å². The third-order valence-electron chi connectivity index (χ3n) is 2.99. The summed E-state index contributed by atoms with van der Waals surface area (Å²) in [7, 11) is 0. The molecule has 24 heavy (non-hydrogen) atoms. The summed E-state index contributed by atoms with van der Waals surface area (Å²) in [6.45, 7) is 0.0293. The first kappa shape index (κ1) is 18.0. The van der Waals surface area contributed by atoms with E-state index in [0.29, 0.717) is 5.69 Å². The minimum absolute atomic E-state index is 0.0400. The zero-order valence-corrected chi connectivity index (χ0v) is 13.3. The molecule has 1 aromatic carbocycles. The largest absolute Gasteiger partial charge is 0.405 e. The molecule has 0 aliphatic heterocycles. The molecule has 2 rings (SSSR count). The number of nitrogens with one attached hydrogen (secondary N) is 2. The Kier molecular flexibility index (Phi) is 5.61. The lowest BCUT2D eigenvalue weighted by atomic mass is 10.1. The Labute approximate surface area is 141 Å². The number of hydrogen-bond acceptors (Lipinski definition) is 4. The predicted octanol–water partition coefficient (Wildman–Crippen LogP) is 3.28. The maximum absolute atomic E-state index is 12.1. The number of rotatable bonds is 5. The first-order chi connectivity index (χ1) is 11.2. The minimum atomic E-state index is -4.46. The number of benzene rings is 1. The lowest BCUT2D eigenvalue weighted by molar-refractivity contribution is -0.138. The van der Waals surface area contributed by atoms with Crippen LogP contribution in [0.25, 0.3) is 11.3 Å². The van der Waals surface area contributed by atoms with Crippen LogP contribution in [0.1, 0.15) is 6.92 Å². The Morgan fingerprint density at radius 1 is 1.25 bits per heavy atom. The molecule has 128 valence electrons. The number of carbonyl (C=O) groups is 1. The predicted molar refractivity (Wildman–Crippen MR) is 84.6 cm³/mol. The topological polar surface area (TPSA) is 66.9 Å². The van der Waals surface area contributed by atoms with Crippen LogP contribution in [-0.2, 0) is 4.79 Å². The average Bonchev–Trinajstić information content (AvgIpc) is 2.52. The van der Waals surface area contributed by atoms with Gasteiger partial charge in [-0.1, -0.05) is 30.3 Å². The van der Waals surface area contributed by atoms with Crippen LogP contribution in [0.15, 0.2) is 36.4 Å². The first-order valence-electron chi connectivity index (χ1n) is 6.95. The molecule has 1 amide bonds. The lowest BCUT2D eigenvalue weighted by Gasteiger charge is -2.16. The number of nitrogens with zero attached hydrogens (tertiary/aromatic N) is 2. The van der Waals surface area contributed by atoms with Crippen molar-refractivity contribution < 1.29 is 18.0 Å². The van der Waals surface area contributed by atoms with Crippen LogP contribution in [0.3, 0.4) is 0 Å². The smallest absolute Gasteiger partial charge is 0.358 e. The van der Waals surface area contributed by atoms with E-state index in [0.717, 1.165) is 5.56 Å². The third kappa shape index (κ3) is 5.38. The Morgan fingerprint density at radius 3 is 2.54 bits per heavy atom. The van der Waals surface area contributed by atoms with Crippen molar-refractivity contribution >= 4 is 23.3 Å². The summed E-state index contributed by atoms with van der Waals surface area (Å²) < 4.78 is 36.4. The summed E-state index contributed by atoms with van der Waals surface area (Å²) in [5.74, 6) is -0.563. The molecule has 0 radical (unpaired) electrons. The van der Waals surface area contributed by atoms with Crippen LogP contribution in [0, 0.1) is 0 Å². The van der Waals surface area contributed by atoms with Crippen LogP contribution >= 0.6 is 11.6 Å². The second-order valence-corrected chi connectivity index (χ2v) is 5.31. The van der Waals surface area contributed by atoms with Gasteiger partial charge >= 0.3 is 6.18 Å². The fourth-order valence-electron chi connectivity index (χ4n) is 1.88. The first-order valence-corrected chi connectivity index (χ1v) is 7.33. The highest BCUT2D eigenvalue weighted by Crippen LogP contribution is 2.21. The van der Waals surface area contributed by atoms with Crippen molar-refractivity contribution in [2.75, 3.05) is 11.9 Å². The molecule has 0 bridgehead atoms. The number of aromatic nitrogens is 2. The van der Waals surface area contributed by atoms with E-state index in [4.69, 9.17) is 11.6 Å². The van der Waals surface area contributed by atoms with Gasteiger partial charge in [-0.3, -0.25) is 4.79 Å². The third-order valence-corrected chi connectivity index (χ3v) is 3.16. The number of anilines is 1. The normalized spacial score (nSPS) is 12.5. The van der Waals surface area contributed by atoms with Gasteiger partial charge in [0.25, 0.3) is 0 Å². The Hall–Kier alpha value is -2.35. The van der Waals surface area contributed by atoms with Gasteiger partial charge in [0.1, 0.15) is 18.4 Å². The molecule has 2 aromatic rings. The quantitative estimate of drug-likeness (QED) is 0.805. The van der Waals surface area contributed by atoms with E-state index in [-0.39, 0.29) is 11.1 Å². The fourth-order valence-corrected chi connectivity index (χ4v) is 2.06. The number of amides is 1. The molecule has 1 atom stereocenters. The molecule has 0 saturated carbocycles. The number of hydrogen-bond donors (Lipinski definition) is 2. The van der Waals surface area contributed by atoms with Gasteiger partial charge in [-0.25, -0.2) is 9.97 Å². The summed E-state index contributed by atoms with van der Waals surface area (Å²) in [4.78, 5) is 19.7. The van der Waals surface area contributed by atoms with Crippen LogP contribution in [0.4, 0.5) is 19.0 Å². The van der Waals surface area contributed by atoms with Gasteiger partial charge in [0, 0.05) is 11.6 Å². The maximum Gasteiger partial charge on any atom is 0.405 e. The monoisotopic (exact) mass is 358 g/mol. The van der Waals surface area contributed by atoms with Crippen molar-refractivity contribution in [1.82, 2.24) is 15.3 Å². The second kappa shape index (κ2) is 7.48. The van der Waals surface area contributed by atoms with E-state index in [9.17, 15) is 18.0 Å². The molecule has 1 heterocycles. The summed E-state index contributed by atoms with van der Waals surface area (Å²) >= 11 is 5.87.